The van der Waals surface area contributed by atoms with Crippen LogP contribution in [0.2, 0.25) is 0 Å². The van der Waals surface area contributed by atoms with Crippen LogP contribution in [0.15, 0.2) is 6.07 Å². The van der Waals surface area contributed by atoms with Crippen molar-refractivity contribution in [2.45, 2.75) is 17.9 Å². The summed E-state index contributed by atoms with van der Waals surface area (Å²) < 4.78 is 81.9. The van der Waals surface area contributed by atoms with Crippen molar-refractivity contribution in [3.8, 4) is 11.6 Å². The summed E-state index contributed by atoms with van der Waals surface area (Å²) in [4.78, 5) is 3.18. The lowest BCUT2D eigenvalue weighted by atomic mass is 10.2. The maximum Gasteiger partial charge on any atom is 0.574 e. The fraction of sp³-hybridized carbons (Fsp3) is 0.444. The van der Waals surface area contributed by atoms with E-state index in [0.29, 0.717) is 6.07 Å². The van der Waals surface area contributed by atoms with E-state index in [9.17, 15) is 26.3 Å². The quantitative estimate of drug-likeness (QED) is 0.610. The molecule has 1 heterocycles. The summed E-state index contributed by atoms with van der Waals surface area (Å²) in [6, 6.07) is 0.407. The number of hydrogen-bond acceptors (Lipinski definition) is 3. The molecule has 0 bridgehead atoms. The minimum Gasteiger partial charge on any atom is -0.495 e. The molecule has 0 aliphatic carbocycles. The minimum atomic E-state index is -5.27. The van der Waals surface area contributed by atoms with Crippen molar-refractivity contribution in [3.05, 3.63) is 17.3 Å². The zero-order valence-corrected chi connectivity index (χ0v) is 10.8. The highest BCUT2D eigenvalue weighted by molar-refractivity contribution is 9.08. The molecule has 19 heavy (non-hydrogen) atoms. The Morgan fingerprint density at radius 1 is 1.21 bits per heavy atom. The maximum absolute atomic E-state index is 12.6. The summed E-state index contributed by atoms with van der Waals surface area (Å²) >= 11 is 2.88. The van der Waals surface area contributed by atoms with Gasteiger partial charge in [-0.15, -0.1) is 13.2 Å². The van der Waals surface area contributed by atoms with E-state index in [1.165, 1.54) is 0 Å². The van der Waals surface area contributed by atoms with E-state index in [2.05, 4.69) is 30.4 Å². The van der Waals surface area contributed by atoms with Crippen molar-refractivity contribution in [2.24, 2.45) is 0 Å². The lowest BCUT2D eigenvalue weighted by Crippen LogP contribution is -2.21. The number of ether oxygens (including phenoxy) is 2. The van der Waals surface area contributed by atoms with E-state index in [-0.39, 0.29) is 16.8 Å². The Hall–Kier alpha value is -1.19. The number of nitrogens with zero attached hydrogens (tertiary/aromatic N) is 1. The molecule has 0 fully saturated rings. The van der Waals surface area contributed by atoms with Gasteiger partial charge in [0.05, 0.1) is 12.8 Å². The first-order chi connectivity index (χ1) is 8.58. The molecule has 0 aliphatic heterocycles. The molecule has 1 rings (SSSR count). The van der Waals surface area contributed by atoms with Crippen LogP contribution in [0, 0.1) is 0 Å². The Balaban J connectivity index is 3.41. The molecule has 0 unspecified atom stereocenters. The molecule has 0 aliphatic rings. The molecule has 0 N–H and O–H groups in total. The second-order valence-corrected chi connectivity index (χ2v) is 3.73. The van der Waals surface area contributed by atoms with Crippen molar-refractivity contribution in [3.63, 3.8) is 0 Å². The van der Waals surface area contributed by atoms with Crippen LogP contribution in [0.25, 0.3) is 0 Å². The predicted octanol–water partition coefficient (Wildman–Crippen LogP) is 3.90. The molecular formula is C9H6BrF6NO2. The molecule has 108 valence electrons. The molecule has 0 saturated carbocycles. The standard InChI is InChI=1S/C9H6BrF6NO2/c1-18-6-2-4(8(11,12)13)7(17-5(6)3-10)19-9(14,15)16/h2H,3H2,1H3. The van der Waals surface area contributed by atoms with Crippen LogP contribution in [0.5, 0.6) is 11.6 Å². The van der Waals surface area contributed by atoms with Crippen molar-refractivity contribution in [1.29, 1.82) is 0 Å². The second kappa shape index (κ2) is 5.43. The van der Waals surface area contributed by atoms with E-state index in [4.69, 9.17) is 0 Å². The largest absolute Gasteiger partial charge is 0.574 e. The zero-order valence-electron chi connectivity index (χ0n) is 9.19. The molecule has 1 aromatic heterocycles. The molecular weight excluding hydrogens is 348 g/mol. The Bertz CT molecular complexity index is 459. The summed E-state index contributed by atoms with van der Waals surface area (Å²) in [5.41, 5.74) is -1.80. The first-order valence-electron chi connectivity index (χ1n) is 4.55. The van der Waals surface area contributed by atoms with E-state index < -0.39 is 24.0 Å². The Morgan fingerprint density at radius 3 is 2.16 bits per heavy atom. The van der Waals surface area contributed by atoms with E-state index >= 15 is 0 Å². The predicted molar refractivity (Wildman–Crippen MR) is 55.1 cm³/mol. The van der Waals surface area contributed by atoms with Gasteiger partial charge < -0.3 is 9.47 Å². The molecule has 0 radical (unpaired) electrons. The average Bonchev–Trinajstić information content (AvgIpc) is 2.24. The van der Waals surface area contributed by atoms with Crippen LogP contribution >= 0.6 is 15.9 Å². The van der Waals surface area contributed by atoms with Crippen molar-refractivity contribution >= 4 is 15.9 Å². The summed E-state index contributed by atoms with van der Waals surface area (Å²) in [6.45, 7) is 0. The van der Waals surface area contributed by atoms with Gasteiger partial charge in [0, 0.05) is 5.33 Å². The third-order valence-electron chi connectivity index (χ3n) is 1.89. The smallest absolute Gasteiger partial charge is 0.495 e. The van der Waals surface area contributed by atoms with Crippen LogP contribution in [0.3, 0.4) is 0 Å². The van der Waals surface area contributed by atoms with Gasteiger partial charge in [-0.25, -0.2) is 4.98 Å². The lowest BCUT2D eigenvalue weighted by Gasteiger charge is -2.16. The third kappa shape index (κ3) is 4.15. The van der Waals surface area contributed by atoms with Gasteiger partial charge in [0.15, 0.2) is 0 Å². The van der Waals surface area contributed by atoms with Gasteiger partial charge in [-0.2, -0.15) is 13.2 Å². The third-order valence-corrected chi connectivity index (χ3v) is 2.42. The molecule has 0 spiro atoms. The molecule has 0 atom stereocenters. The molecule has 10 heteroatoms. The zero-order chi connectivity index (χ0) is 14.8. The van der Waals surface area contributed by atoms with Gasteiger partial charge in [0.1, 0.15) is 11.3 Å². The van der Waals surface area contributed by atoms with Crippen molar-refractivity contribution < 1.29 is 35.8 Å². The fourth-order valence-corrected chi connectivity index (χ4v) is 1.58. The first kappa shape index (κ1) is 15.9. The first-order valence-corrected chi connectivity index (χ1v) is 5.67. The van der Waals surface area contributed by atoms with Crippen LogP contribution in [-0.4, -0.2) is 18.5 Å². The lowest BCUT2D eigenvalue weighted by molar-refractivity contribution is -0.277. The van der Waals surface area contributed by atoms with Crippen LogP contribution < -0.4 is 9.47 Å². The highest BCUT2D eigenvalue weighted by atomic mass is 79.9. The summed E-state index contributed by atoms with van der Waals surface area (Å²) in [5.74, 6) is -1.85. The van der Waals surface area contributed by atoms with Gasteiger partial charge in [-0.3, -0.25) is 0 Å². The fourth-order valence-electron chi connectivity index (χ4n) is 1.18. The van der Waals surface area contributed by atoms with E-state index in [1.54, 1.807) is 0 Å². The van der Waals surface area contributed by atoms with Crippen LogP contribution in [0.4, 0.5) is 26.3 Å². The topological polar surface area (TPSA) is 31.4 Å². The van der Waals surface area contributed by atoms with Crippen molar-refractivity contribution in [2.75, 3.05) is 7.11 Å². The molecule has 0 amide bonds. The monoisotopic (exact) mass is 353 g/mol. The SMILES string of the molecule is COc1cc(C(F)(F)F)c(OC(F)(F)F)nc1CBr. The highest BCUT2D eigenvalue weighted by Crippen LogP contribution is 2.40. The molecule has 0 saturated heterocycles. The molecule has 0 aromatic carbocycles. The number of methoxy groups -OCH3 is 1. The van der Waals surface area contributed by atoms with Gasteiger partial charge in [-0.1, -0.05) is 15.9 Å². The average molecular weight is 354 g/mol. The number of aromatic nitrogens is 1. The van der Waals surface area contributed by atoms with Crippen LogP contribution in [0.1, 0.15) is 11.3 Å². The second-order valence-electron chi connectivity index (χ2n) is 3.17. The summed E-state index contributed by atoms with van der Waals surface area (Å²) in [6.07, 6.45) is -10.3. The normalized spacial score (nSPS) is 12.4. The number of halogens is 7. The summed E-state index contributed by atoms with van der Waals surface area (Å²) in [5, 5.41) is -0.0947. The Morgan fingerprint density at radius 2 is 1.79 bits per heavy atom. The molecule has 3 nitrogen and oxygen atoms in total. The van der Waals surface area contributed by atoms with Gasteiger partial charge in [-0.05, 0) is 6.07 Å². The Kier molecular flexibility index (Phi) is 4.54. The van der Waals surface area contributed by atoms with E-state index in [0.717, 1.165) is 7.11 Å². The minimum absolute atomic E-state index is 0.0947. The highest BCUT2D eigenvalue weighted by Gasteiger charge is 2.41. The van der Waals surface area contributed by atoms with Crippen molar-refractivity contribution in [1.82, 2.24) is 4.98 Å². The van der Waals surface area contributed by atoms with Gasteiger partial charge >= 0.3 is 12.5 Å². The Labute approximate surface area is 111 Å². The number of pyridine rings is 1. The van der Waals surface area contributed by atoms with Crippen LogP contribution in [-0.2, 0) is 11.5 Å². The maximum atomic E-state index is 12.6. The van der Waals surface area contributed by atoms with Gasteiger partial charge in [0.25, 0.3) is 0 Å². The molecule has 1 aromatic rings. The summed E-state index contributed by atoms with van der Waals surface area (Å²) in [7, 11) is 1.08. The number of hydrogen-bond donors (Lipinski definition) is 0. The number of alkyl halides is 7. The number of rotatable bonds is 3. The van der Waals surface area contributed by atoms with E-state index in [1.807, 2.05) is 0 Å². The van der Waals surface area contributed by atoms with Gasteiger partial charge in [0.2, 0.25) is 5.88 Å².